The number of rotatable bonds is 2. The Hall–Kier alpha value is -1.79. The molecule has 3 rings (SSSR count). The summed E-state index contributed by atoms with van der Waals surface area (Å²) in [5.74, 6) is 0. The smallest absolute Gasteiger partial charge is 0.410 e. The van der Waals surface area contributed by atoms with Gasteiger partial charge in [-0.1, -0.05) is 12.1 Å². The molecule has 1 aromatic rings. The van der Waals surface area contributed by atoms with E-state index in [1.54, 1.807) is 4.90 Å². The molecular weight excluding hydrogens is 332 g/mol. The molecule has 6 heteroatoms. The lowest BCUT2D eigenvalue weighted by Crippen LogP contribution is -2.49. The van der Waals surface area contributed by atoms with Gasteiger partial charge in [-0.3, -0.25) is 4.90 Å². The van der Waals surface area contributed by atoms with Crippen LogP contribution in [-0.4, -0.2) is 60.1 Å². The number of hydrogen-bond donors (Lipinski definition) is 1. The van der Waals surface area contributed by atoms with Crippen LogP contribution in [0.5, 0.6) is 0 Å². The van der Waals surface area contributed by atoms with E-state index in [-0.39, 0.29) is 18.7 Å². The number of carbonyl (C=O) groups is 1. The number of morpholine rings is 1. The van der Waals surface area contributed by atoms with Crippen LogP contribution in [0, 0.1) is 0 Å². The van der Waals surface area contributed by atoms with Gasteiger partial charge in [0.05, 0.1) is 25.9 Å². The highest BCUT2D eigenvalue weighted by atomic mass is 16.6. The average molecular weight is 362 g/mol. The fourth-order valence-corrected chi connectivity index (χ4v) is 3.71. The maximum atomic E-state index is 12.6. The number of aliphatic hydroxyl groups excluding tert-OH is 1. The summed E-state index contributed by atoms with van der Waals surface area (Å²) in [7, 11) is 0. The third kappa shape index (κ3) is 3.96. The fourth-order valence-electron chi connectivity index (χ4n) is 3.71. The van der Waals surface area contributed by atoms with Crippen LogP contribution in [0.3, 0.4) is 0 Å². The summed E-state index contributed by atoms with van der Waals surface area (Å²) >= 11 is 0. The normalized spacial score (nSPS) is 23.6. The molecular formula is C20H30N2O4. The van der Waals surface area contributed by atoms with Gasteiger partial charge in [0, 0.05) is 24.8 Å². The van der Waals surface area contributed by atoms with Crippen molar-refractivity contribution >= 4 is 11.8 Å². The number of aliphatic hydroxyl groups is 1. The molecule has 144 valence electrons. The Kier molecular flexibility index (Phi) is 5.44. The molecule has 1 amide bonds. The van der Waals surface area contributed by atoms with Crippen LogP contribution in [0.1, 0.15) is 38.8 Å². The number of ether oxygens (including phenoxy) is 2. The van der Waals surface area contributed by atoms with Crippen molar-refractivity contribution < 1.29 is 19.4 Å². The minimum absolute atomic E-state index is 0.0777. The van der Waals surface area contributed by atoms with Crippen LogP contribution in [0.15, 0.2) is 18.2 Å². The zero-order chi connectivity index (χ0) is 18.9. The quantitative estimate of drug-likeness (QED) is 0.876. The third-order valence-electron chi connectivity index (χ3n) is 4.99. The van der Waals surface area contributed by atoms with Gasteiger partial charge in [0.2, 0.25) is 0 Å². The van der Waals surface area contributed by atoms with E-state index >= 15 is 0 Å². The van der Waals surface area contributed by atoms with Gasteiger partial charge in [-0.15, -0.1) is 0 Å². The number of amides is 1. The van der Waals surface area contributed by atoms with E-state index in [9.17, 15) is 9.90 Å². The van der Waals surface area contributed by atoms with Crippen molar-refractivity contribution in [3.63, 3.8) is 0 Å². The molecule has 0 unspecified atom stereocenters. The van der Waals surface area contributed by atoms with Crippen LogP contribution in [-0.2, 0) is 22.4 Å². The van der Waals surface area contributed by atoms with Crippen LogP contribution in [0.4, 0.5) is 10.5 Å². The molecule has 0 radical (unpaired) electrons. The lowest BCUT2D eigenvalue weighted by molar-refractivity contribution is 0.00462. The van der Waals surface area contributed by atoms with Crippen LogP contribution in [0.25, 0.3) is 0 Å². The first-order chi connectivity index (χ1) is 12.3. The van der Waals surface area contributed by atoms with Gasteiger partial charge in [0.15, 0.2) is 0 Å². The first-order valence-corrected chi connectivity index (χ1v) is 9.36. The van der Waals surface area contributed by atoms with Crippen molar-refractivity contribution in [1.82, 2.24) is 4.90 Å². The summed E-state index contributed by atoms with van der Waals surface area (Å²) in [6, 6.07) is 6.29. The summed E-state index contributed by atoms with van der Waals surface area (Å²) in [5.41, 5.74) is 2.99. The lowest BCUT2D eigenvalue weighted by Gasteiger charge is -2.41. The summed E-state index contributed by atoms with van der Waals surface area (Å²) in [4.78, 5) is 16.6. The molecule has 1 saturated heterocycles. The van der Waals surface area contributed by atoms with Gasteiger partial charge >= 0.3 is 6.09 Å². The topological polar surface area (TPSA) is 62.2 Å². The molecule has 0 bridgehead atoms. The second-order valence-electron chi connectivity index (χ2n) is 8.18. The van der Waals surface area contributed by atoms with Gasteiger partial charge < -0.3 is 19.5 Å². The van der Waals surface area contributed by atoms with E-state index in [2.05, 4.69) is 24.0 Å². The first-order valence-electron chi connectivity index (χ1n) is 9.36. The minimum atomic E-state index is -0.553. The van der Waals surface area contributed by atoms with E-state index in [1.165, 1.54) is 11.3 Å². The molecule has 1 aromatic carbocycles. The van der Waals surface area contributed by atoms with Crippen molar-refractivity contribution in [1.29, 1.82) is 0 Å². The second-order valence-corrected chi connectivity index (χ2v) is 8.18. The zero-order valence-corrected chi connectivity index (χ0v) is 16.2. The van der Waals surface area contributed by atoms with Crippen molar-refractivity contribution in [2.45, 2.75) is 58.3 Å². The highest BCUT2D eigenvalue weighted by Gasteiger charge is 2.34. The van der Waals surface area contributed by atoms with E-state index in [4.69, 9.17) is 9.47 Å². The Morgan fingerprint density at radius 2 is 2.15 bits per heavy atom. The molecule has 0 saturated carbocycles. The summed E-state index contributed by atoms with van der Waals surface area (Å²) < 4.78 is 11.1. The number of nitrogens with zero attached hydrogens (tertiary/aromatic N) is 2. The molecule has 1 fully saturated rings. The molecule has 2 aliphatic heterocycles. The summed E-state index contributed by atoms with van der Waals surface area (Å²) in [5, 5.41) is 9.90. The molecule has 2 heterocycles. The number of benzene rings is 1. The Bertz CT molecular complexity index is 656. The average Bonchev–Trinajstić information content (AvgIpc) is 2.59. The molecule has 0 aromatic heterocycles. The SMILES string of the molecule is C[C@H]1COCCN1c1cccc2c1C[C@H](CO)N(C(=O)OC(C)(C)C)C2. The Morgan fingerprint density at radius 1 is 1.38 bits per heavy atom. The van der Waals surface area contributed by atoms with Gasteiger partial charge in [-0.05, 0) is 51.3 Å². The Morgan fingerprint density at radius 3 is 2.81 bits per heavy atom. The molecule has 6 nitrogen and oxygen atoms in total. The predicted molar refractivity (Wildman–Crippen MR) is 100 cm³/mol. The first kappa shape index (κ1) is 19.0. The highest BCUT2D eigenvalue weighted by Crippen LogP contribution is 2.33. The van der Waals surface area contributed by atoms with E-state index in [1.807, 2.05) is 26.8 Å². The maximum absolute atomic E-state index is 12.6. The summed E-state index contributed by atoms with van der Waals surface area (Å²) in [6.07, 6.45) is 0.262. The molecule has 0 aliphatic carbocycles. The van der Waals surface area contributed by atoms with Crippen molar-refractivity contribution in [3.05, 3.63) is 29.3 Å². The summed E-state index contributed by atoms with van der Waals surface area (Å²) in [6.45, 7) is 10.4. The van der Waals surface area contributed by atoms with Crippen LogP contribution < -0.4 is 4.90 Å². The second kappa shape index (κ2) is 7.45. The van der Waals surface area contributed by atoms with Gasteiger partial charge in [0.25, 0.3) is 0 Å². The number of carbonyl (C=O) groups excluding carboxylic acids is 1. The van der Waals surface area contributed by atoms with Gasteiger partial charge in [-0.2, -0.15) is 0 Å². The Labute approximate surface area is 155 Å². The molecule has 2 aliphatic rings. The number of fused-ring (bicyclic) bond motifs is 1. The largest absolute Gasteiger partial charge is 0.444 e. The van der Waals surface area contributed by atoms with E-state index < -0.39 is 5.60 Å². The van der Waals surface area contributed by atoms with Gasteiger partial charge in [-0.25, -0.2) is 4.79 Å². The lowest BCUT2D eigenvalue weighted by atomic mass is 9.92. The van der Waals surface area contributed by atoms with Crippen molar-refractivity contribution in [2.24, 2.45) is 0 Å². The molecule has 0 spiro atoms. The van der Waals surface area contributed by atoms with Crippen LogP contribution >= 0.6 is 0 Å². The van der Waals surface area contributed by atoms with Crippen LogP contribution in [0.2, 0.25) is 0 Å². The monoisotopic (exact) mass is 362 g/mol. The molecule has 1 N–H and O–H groups in total. The van der Waals surface area contributed by atoms with Gasteiger partial charge in [0.1, 0.15) is 5.60 Å². The third-order valence-corrected chi connectivity index (χ3v) is 4.99. The predicted octanol–water partition coefficient (Wildman–Crippen LogP) is 2.57. The van der Waals surface area contributed by atoms with Crippen molar-refractivity contribution in [3.8, 4) is 0 Å². The number of anilines is 1. The molecule has 26 heavy (non-hydrogen) atoms. The maximum Gasteiger partial charge on any atom is 0.410 e. The highest BCUT2D eigenvalue weighted by molar-refractivity contribution is 5.70. The Balaban J connectivity index is 1.88. The standard InChI is InChI=1S/C20H30N2O4/c1-14-13-25-9-8-21(14)18-7-5-6-15-11-22(16(12-23)10-17(15)18)19(24)26-20(2,3)4/h5-7,14,16,23H,8-13H2,1-4H3/t14-,16+/m0/s1. The number of hydrogen-bond acceptors (Lipinski definition) is 5. The van der Waals surface area contributed by atoms with Crippen molar-refractivity contribution in [2.75, 3.05) is 31.3 Å². The van der Waals surface area contributed by atoms with E-state index in [0.717, 1.165) is 25.3 Å². The minimum Gasteiger partial charge on any atom is -0.444 e. The van der Waals surface area contributed by atoms with E-state index in [0.29, 0.717) is 19.0 Å². The molecule has 2 atom stereocenters. The fraction of sp³-hybridized carbons (Fsp3) is 0.650. The zero-order valence-electron chi connectivity index (χ0n) is 16.2.